The molecular formula is C18H24F2N6O. The Hall–Kier alpha value is -3.02. The van der Waals surface area contributed by atoms with Crippen molar-refractivity contribution < 1.29 is 13.6 Å². The third kappa shape index (κ3) is 7.81. The van der Waals surface area contributed by atoms with Gasteiger partial charge in [0.25, 0.3) is 5.91 Å². The van der Waals surface area contributed by atoms with Gasteiger partial charge >= 0.3 is 0 Å². The summed E-state index contributed by atoms with van der Waals surface area (Å²) in [6.07, 6.45) is 5.56. The maximum Gasteiger partial charge on any atom is 0.253 e. The van der Waals surface area contributed by atoms with Gasteiger partial charge in [-0.2, -0.15) is 0 Å². The van der Waals surface area contributed by atoms with Crippen molar-refractivity contribution in [2.75, 3.05) is 0 Å². The molecule has 0 saturated heterocycles. The van der Waals surface area contributed by atoms with Crippen LogP contribution in [-0.4, -0.2) is 29.2 Å². The second-order valence-corrected chi connectivity index (χ2v) is 6.02. The first-order valence-corrected chi connectivity index (χ1v) is 8.55. The number of alkyl halides is 2. The number of carbonyl (C=O) groups is 1. The number of nitrogens with zero attached hydrogens (tertiary/aromatic N) is 3. The molecule has 0 bridgehead atoms. The number of carbonyl (C=O) groups excluding carboxylic acids is 1. The van der Waals surface area contributed by atoms with Crippen molar-refractivity contribution in [1.82, 2.24) is 10.3 Å². The molecule has 1 aliphatic carbocycles. The average Bonchev–Trinajstić information content (AvgIpc) is 2.65. The highest BCUT2D eigenvalue weighted by Crippen LogP contribution is 2.18. The van der Waals surface area contributed by atoms with Gasteiger partial charge < -0.3 is 16.8 Å². The molecule has 0 aliphatic heterocycles. The second kappa shape index (κ2) is 11.6. The van der Waals surface area contributed by atoms with Gasteiger partial charge in [-0.05, 0) is 25.0 Å². The number of amides is 1. The van der Waals surface area contributed by atoms with E-state index in [-0.39, 0.29) is 17.1 Å². The van der Waals surface area contributed by atoms with E-state index in [9.17, 15) is 13.6 Å². The Morgan fingerprint density at radius 1 is 1.33 bits per heavy atom. The quantitative estimate of drug-likeness (QED) is 0.381. The lowest BCUT2D eigenvalue weighted by molar-refractivity contribution is -0.114. The van der Waals surface area contributed by atoms with Crippen LogP contribution in [0.3, 0.4) is 0 Å². The minimum absolute atomic E-state index is 0.0424. The number of aliphatic imine (C=N–C) groups is 1. The van der Waals surface area contributed by atoms with Crippen LogP contribution >= 0.6 is 0 Å². The Morgan fingerprint density at radius 3 is 2.52 bits per heavy atom. The summed E-state index contributed by atoms with van der Waals surface area (Å²) in [6, 6.07) is 3.27. The van der Waals surface area contributed by atoms with Crippen molar-refractivity contribution >= 4 is 17.4 Å². The number of nitrogens with two attached hydrogens (primary N) is 2. The zero-order chi connectivity index (χ0) is 20.2. The zero-order valence-electron chi connectivity index (χ0n) is 14.9. The minimum atomic E-state index is -2.46. The zero-order valence-corrected chi connectivity index (χ0v) is 14.9. The molecule has 1 aromatic heterocycles. The first kappa shape index (κ1) is 22.0. The number of hydrogen-bond acceptors (Lipinski definition) is 5. The van der Waals surface area contributed by atoms with Crippen LogP contribution in [0.25, 0.3) is 0 Å². The fourth-order valence-electron chi connectivity index (χ4n) is 2.70. The summed E-state index contributed by atoms with van der Waals surface area (Å²) < 4.78 is 24.6. The van der Waals surface area contributed by atoms with Gasteiger partial charge in [-0.25, -0.2) is 19.0 Å². The second-order valence-electron chi connectivity index (χ2n) is 6.02. The topological polar surface area (TPSA) is 130 Å². The number of pyridine rings is 1. The third-order valence-corrected chi connectivity index (χ3v) is 4.03. The van der Waals surface area contributed by atoms with Crippen molar-refractivity contribution in [3.63, 3.8) is 0 Å². The average molecular weight is 378 g/mol. The third-order valence-electron chi connectivity index (χ3n) is 4.03. The van der Waals surface area contributed by atoms with Gasteiger partial charge in [-0.3, -0.25) is 9.78 Å². The highest BCUT2D eigenvalue weighted by Gasteiger charge is 2.15. The van der Waals surface area contributed by atoms with Crippen LogP contribution in [0, 0.1) is 11.8 Å². The van der Waals surface area contributed by atoms with Gasteiger partial charge in [-0.1, -0.05) is 19.3 Å². The molecule has 0 aromatic carbocycles. The first-order chi connectivity index (χ1) is 13.0. The molecule has 9 heteroatoms. The Labute approximate surface area is 157 Å². The largest absolute Gasteiger partial charge is 0.387 e. The number of primary amides is 1. The normalized spacial score (nSPS) is 15.7. The van der Waals surface area contributed by atoms with Crippen LogP contribution in [0.5, 0.6) is 0 Å². The SMILES string of the molecule is C#N.NC(=O)/C(=C/NC1CCCCC1)C(N)=Nc1ccc(CC(F)F)nc1. The molecule has 2 rings (SSSR count). The molecule has 5 N–H and O–H groups in total. The Bertz CT molecular complexity index is 679. The van der Waals surface area contributed by atoms with Gasteiger partial charge in [0.1, 0.15) is 5.84 Å². The van der Waals surface area contributed by atoms with Crippen molar-refractivity contribution in [3.05, 3.63) is 35.8 Å². The van der Waals surface area contributed by atoms with Crippen molar-refractivity contribution in [2.24, 2.45) is 16.5 Å². The van der Waals surface area contributed by atoms with E-state index in [1.807, 2.05) is 0 Å². The van der Waals surface area contributed by atoms with Gasteiger partial charge in [0.15, 0.2) is 0 Å². The lowest BCUT2D eigenvalue weighted by Crippen LogP contribution is -2.32. The minimum Gasteiger partial charge on any atom is -0.387 e. The van der Waals surface area contributed by atoms with E-state index in [2.05, 4.69) is 21.9 Å². The number of halogens is 2. The molecule has 1 heterocycles. The van der Waals surface area contributed by atoms with Crippen LogP contribution in [0.15, 0.2) is 35.1 Å². The van der Waals surface area contributed by atoms with Crippen molar-refractivity contribution in [1.29, 1.82) is 5.26 Å². The van der Waals surface area contributed by atoms with Gasteiger partial charge in [-0.15, -0.1) is 0 Å². The molecule has 7 nitrogen and oxygen atoms in total. The summed E-state index contributed by atoms with van der Waals surface area (Å²) in [5.74, 6) is -0.731. The van der Waals surface area contributed by atoms with E-state index in [1.54, 1.807) is 0 Å². The Balaban J connectivity index is 0.00000176. The summed E-state index contributed by atoms with van der Waals surface area (Å²) >= 11 is 0. The van der Waals surface area contributed by atoms with E-state index >= 15 is 0 Å². The maximum atomic E-state index is 12.3. The van der Waals surface area contributed by atoms with Crippen LogP contribution < -0.4 is 16.8 Å². The molecule has 0 radical (unpaired) electrons. The van der Waals surface area contributed by atoms with Crippen LogP contribution in [-0.2, 0) is 11.2 Å². The smallest absolute Gasteiger partial charge is 0.253 e. The van der Waals surface area contributed by atoms with E-state index in [4.69, 9.17) is 16.7 Å². The standard InChI is InChI=1S/C17H23F2N5O.CHN/c18-15(19)8-12-6-7-13(9-22-12)24-16(20)14(17(21)25)10-23-11-4-2-1-3-5-11;1-2/h6-7,9-11,15,23H,1-5,8H2,(H2,20,24)(H2,21,25);1H/b14-10+;. The molecule has 1 saturated carbocycles. The lowest BCUT2D eigenvalue weighted by Gasteiger charge is -2.22. The molecule has 0 spiro atoms. The number of hydrogen-bond donors (Lipinski definition) is 3. The van der Waals surface area contributed by atoms with Gasteiger partial charge in [0.2, 0.25) is 6.43 Å². The monoisotopic (exact) mass is 378 g/mol. The number of nitriles is 1. The van der Waals surface area contributed by atoms with Crippen molar-refractivity contribution in [2.45, 2.75) is 51.0 Å². The fraction of sp³-hybridized carbons (Fsp3) is 0.444. The van der Waals surface area contributed by atoms with E-state index in [1.165, 1.54) is 31.0 Å². The molecule has 1 fully saturated rings. The predicted octanol–water partition coefficient (Wildman–Crippen LogP) is 2.31. The number of nitrogens with one attached hydrogen (secondary N) is 1. The number of amidine groups is 1. The number of rotatable bonds is 7. The van der Waals surface area contributed by atoms with Crippen molar-refractivity contribution in [3.8, 4) is 6.57 Å². The Morgan fingerprint density at radius 2 is 2.00 bits per heavy atom. The summed E-state index contributed by atoms with van der Waals surface area (Å²) in [5.41, 5.74) is 12.0. The first-order valence-electron chi connectivity index (χ1n) is 8.55. The summed E-state index contributed by atoms with van der Waals surface area (Å²) in [4.78, 5) is 19.6. The van der Waals surface area contributed by atoms with E-state index in [0.717, 1.165) is 25.7 Å². The summed E-state index contributed by atoms with van der Waals surface area (Å²) in [6.45, 7) is 3.50. The highest BCUT2D eigenvalue weighted by atomic mass is 19.3. The maximum absolute atomic E-state index is 12.3. The van der Waals surface area contributed by atoms with Crippen LogP contribution in [0.4, 0.5) is 14.5 Å². The molecule has 146 valence electrons. The summed E-state index contributed by atoms with van der Waals surface area (Å²) in [7, 11) is 0. The van der Waals surface area contributed by atoms with Crippen LogP contribution in [0.2, 0.25) is 0 Å². The van der Waals surface area contributed by atoms with Gasteiger partial charge in [0, 0.05) is 24.5 Å². The predicted molar refractivity (Wildman–Crippen MR) is 99.2 cm³/mol. The molecule has 1 aromatic rings. The highest BCUT2D eigenvalue weighted by molar-refractivity contribution is 6.20. The number of aromatic nitrogens is 1. The molecular weight excluding hydrogens is 354 g/mol. The molecule has 0 unspecified atom stereocenters. The van der Waals surface area contributed by atoms with E-state index < -0.39 is 18.8 Å². The van der Waals surface area contributed by atoms with Gasteiger partial charge in [0.05, 0.1) is 23.9 Å². The lowest BCUT2D eigenvalue weighted by atomic mass is 9.95. The Kier molecular flexibility index (Phi) is 9.43. The summed E-state index contributed by atoms with van der Waals surface area (Å²) in [5, 5.41) is 9.68. The molecule has 27 heavy (non-hydrogen) atoms. The fourth-order valence-corrected chi connectivity index (χ4v) is 2.70. The van der Waals surface area contributed by atoms with Crippen LogP contribution in [0.1, 0.15) is 37.8 Å². The molecule has 1 amide bonds. The molecule has 0 atom stereocenters. The molecule has 1 aliphatic rings. The van der Waals surface area contributed by atoms with E-state index in [0.29, 0.717) is 11.7 Å².